The summed E-state index contributed by atoms with van der Waals surface area (Å²) in [6.07, 6.45) is -0.340. The molecule has 2 rings (SSSR count). The second kappa shape index (κ2) is 5.18. The van der Waals surface area contributed by atoms with Gasteiger partial charge in [-0.2, -0.15) is 0 Å². The van der Waals surface area contributed by atoms with Gasteiger partial charge in [0.1, 0.15) is 11.9 Å². The normalized spacial score (nSPS) is 20.7. The van der Waals surface area contributed by atoms with Crippen LogP contribution in [0.1, 0.15) is 5.56 Å². The summed E-state index contributed by atoms with van der Waals surface area (Å²) in [5.41, 5.74) is 0.432. The largest absolute Gasteiger partial charge is 0.368 e. The number of hydrogen-bond acceptors (Lipinski definition) is 3. The van der Waals surface area contributed by atoms with Crippen LogP contribution in [0.15, 0.2) is 24.3 Å². The summed E-state index contributed by atoms with van der Waals surface area (Å²) < 4.78 is 18.6. The lowest BCUT2D eigenvalue weighted by Crippen LogP contribution is -2.43. The van der Waals surface area contributed by atoms with Gasteiger partial charge in [0, 0.05) is 19.5 Å². The number of carbonyl (C=O) groups excluding carboxylic acids is 1. The number of carbonyl (C=O) groups is 1. The van der Waals surface area contributed by atoms with Crippen molar-refractivity contribution in [1.29, 1.82) is 0 Å². The van der Waals surface area contributed by atoms with Gasteiger partial charge in [-0.3, -0.25) is 4.79 Å². The maximum Gasteiger partial charge on any atom is 0.167 e. The fraction of sp³-hybridized carbons (Fsp3) is 0.417. The van der Waals surface area contributed by atoms with Crippen LogP contribution in [0.5, 0.6) is 0 Å². The molecule has 1 N–H and O–H groups in total. The zero-order valence-corrected chi connectivity index (χ0v) is 8.91. The minimum Gasteiger partial charge on any atom is -0.368 e. The molecule has 16 heavy (non-hydrogen) atoms. The molecule has 1 atom stereocenters. The quantitative estimate of drug-likeness (QED) is 0.828. The average molecular weight is 223 g/mol. The number of hydrogen-bond donors (Lipinski definition) is 1. The van der Waals surface area contributed by atoms with E-state index < -0.39 is 6.10 Å². The van der Waals surface area contributed by atoms with Crippen molar-refractivity contribution in [1.82, 2.24) is 5.32 Å². The molecule has 0 amide bonds. The number of ether oxygens (including phenoxy) is 1. The van der Waals surface area contributed by atoms with Gasteiger partial charge in [-0.05, 0) is 11.6 Å². The highest BCUT2D eigenvalue weighted by molar-refractivity contribution is 5.85. The third-order valence-corrected chi connectivity index (χ3v) is 2.61. The number of benzene rings is 1. The van der Waals surface area contributed by atoms with Gasteiger partial charge in [0.2, 0.25) is 0 Å². The maximum atomic E-state index is 13.3. The van der Waals surface area contributed by atoms with E-state index in [9.17, 15) is 9.18 Å². The molecule has 1 aliphatic rings. The summed E-state index contributed by atoms with van der Waals surface area (Å²) in [5.74, 6) is -0.406. The van der Waals surface area contributed by atoms with Gasteiger partial charge in [0.15, 0.2) is 5.78 Å². The van der Waals surface area contributed by atoms with Crippen LogP contribution < -0.4 is 5.32 Å². The Bertz CT molecular complexity index is 375. The lowest BCUT2D eigenvalue weighted by Gasteiger charge is -2.22. The number of halogens is 1. The van der Waals surface area contributed by atoms with E-state index in [4.69, 9.17) is 4.74 Å². The van der Waals surface area contributed by atoms with Crippen LogP contribution in [-0.4, -0.2) is 31.6 Å². The predicted molar refractivity (Wildman–Crippen MR) is 57.7 cm³/mol. The zero-order chi connectivity index (χ0) is 11.4. The van der Waals surface area contributed by atoms with Crippen molar-refractivity contribution in [2.75, 3.05) is 19.7 Å². The molecule has 1 aromatic carbocycles. The first-order chi connectivity index (χ1) is 7.77. The smallest absolute Gasteiger partial charge is 0.167 e. The second-order valence-corrected chi connectivity index (χ2v) is 3.80. The van der Waals surface area contributed by atoms with Crippen molar-refractivity contribution in [3.63, 3.8) is 0 Å². The molecule has 1 aliphatic heterocycles. The summed E-state index contributed by atoms with van der Waals surface area (Å²) >= 11 is 0. The molecule has 1 unspecified atom stereocenters. The van der Waals surface area contributed by atoms with Crippen LogP contribution in [0.4, 0.5) is 4.39 Å². The van der Waals surface area contributed by atoms with Gasteiger partial charge in [-0.15, -0.1) is 0 Å². The fourth-order valence-corrected chi connectivity index (χ4v) is 1.72. The molecule has 0 aromatic heterocycles. The fourth-order valence-electron chi connectivity index (χ4n) is 1.72. The molecule has 1 saturated heterocycles. The SMILES string of the molecule is O=C(Cc1ccccc1F)C1CNCCO1. The standard InChI is InChI=1S/C12H14FNO2/c13-10-4-2-1-3-9(10)7-11(15)12-8-14-5-6-16-12/h1-4,12,14H,5-8H2. The molecular weight excluding hydrogens is 209 g/mol. The van der Waals surface area contributed by atoms with Gasteiger partial charge in [0.05, 0.1) is 6.61 Å². The van der Waals surface area contributed by atoms with E-state index >= 15 is 0 Å². The van der Waals surface area contributed by atoms with Crippen molar-refractivity contribution in [3.8, 4) is 0 Å². The van der Waals surface area contributed by atoms with E-state index in [0.29, 0.717) is 18.7 Å². The van der Waals surface area contributed by atoms with Gasteiger partial charge >= 0.3 is 0 Å². The molecule has 0 bridgehead atoms. The third kappa shape index (κ3) is 2.65. The molecule has 0 radical (unpaired) electrons. The van der Waals surface area contributed by atoms with Crippen molar-refractivity contribution in [2.45, 2.75) is 12.5 Å². The van der Waals surface area contributed by atoms with Crippen LogP contribution in [-0.2, 0) is 16.0 Å². The Morgan fingerprint density at radius 3 is 3.00 bits per heavy atom. The molecule has 1 heterocycles. The van der Waals surface area contributed by atoms with Crippen molar-refractivity contribution >= 4 is 5.78 Å². The highest BCUT2D eigenvalue weighted by Gasteiger charge is 2.22. The Morgan fingerprint density at radius 1 is 1.50 bits per heavy atom. The van der Waals surface area contributed by atoms with Gasteiger partial charge in [-0.25, -0.2) is 4.39 Å². The van der Waals surface area contributed by atoms with Crippen molar-refractivity contribution < 1.29 is 13.9 Å². The first kappa shape index (κ1) is 11.2. The Hall–Kier alpha value is -1.26. The molecule has 1 aromatic rings. The Morgan fingerprint density at radius 2 is 2.31 bits per heavy atom. The van der Waals surface area contributed by atoms with Crippen LogP contribution in [0.3, 0.4) is 0 Å². The van der Waals surface area contributed by atoms with E-state index in [-0.39, 0.29) is 18.0 Å². The van der Waals surface area contributed by atoms with E-state index in [1.165, 1.54) is 6.07 Å². The molecule has 0 saturated carbocycles. The van der Waals surface area contributed by atoms with Crippen LogP contribution in [0.2, 0.25) is 0 Å². The molecule has 4 heteroatoms. The minimum absolute atomic E-state index is 0.0719. The molecule has 0 aliphatic carbocycles. The molecule has 1 fully saturated rings. The van der Waals surface area contributed by atoms with Gasteiger partial charge in [-0.1, -0.05) is 18.2 Å². The third-order valence-electron chi connectivity index (χ3n) is 2.61. The van der Waals surface area contributed by atoms with Crippen LogP contribution in [0, 0.1) is 5.82 Å². The topological polar surface area (TPSA) is 38.3 Å². The summed E-state index contributed by atoms with van der Waals surface area (Å²) in [7, 11) is 0. The van der Waals surface area contributed by atoms with Crippen LogP contribution >= 0.6 is 0 Å². The number of Topliss-reactive ketones (excluding diaryl/α,β-unsaturated/α-hetero) is 1. The molecule has 86 valence electrons. The second-order valence-electron chi connectivity index (χ2n) is 3.80. The lowest BCUT2D eigenvalue weighted by molar-refractivity contribution is -0.131. The van der Waals surface area contributed by atoms with Gasteiger partial charge in [0.25, 0.3) is 0 Å². The molecule has 3 nitrogen and oxygen atoms in total. The van der Waals surface area contributed by atoms with E-state index in [0.717, 1.165) is 6.54 Å². The Kier molecular flexibility index (Phi) is 3.64. The highest BCUT2D eigenvalue weighted by atomic mass is 19.1. The summed E-state index contributed by atoms with van der Waals surface area (Å²) in [6.45, 7) is 1.82. The van der Waals surface area contributed by atoms with Crippen molar-refractivity contribution in [2.24, 2.45) is 0 Å². The van der Waals surface area contributed by atoms with E-state index in [1.807, 2.05) is 0 Å². The summed E-state index contributed by atoms with van der Waals surface area (Å²) in [6, 6.07) is 6.33. The van der Waals surface area contributed by atoms with Crippen LogP contribution in [0.25, 0.3) is 0 Å². The number of nitrogens with one attached hydrogen (secondary N) is 1. The number of ketones is 1. The van der Waals surface area contributed by atoms with E-state index in [1.54, 1.807) is 18.2 Å². The molecule has 0 spiro atoms. The average Bonchev–Trinajstić information content (AvgIpc) is 2.33. The number of rotatable bonds is 3. The lowest BCUT2D eigenvalue weighted by atomic mass is 10.0. The summed E-state index contributed by atoms with van der Waals surface area (Å²) in [5, 5.41) is 3.08. The first-order valence-corrected chi connectivity index (χ1v) is 5.36. The highest BCUT2D eigenvalue weighted by Crippen LogP contribution is 2.10. The summed E-state index contributed by atoms with van der Waals surface area (Å²) in [4.78, 5) is 11.8. The Labute approximate surface area is 93.6 Å². The number of morpholine rings is 1. The molecular formula is C12H14FNO2. The minimum atomic E-state index is -0.437. The predicted octanol–water partition coefficient (Wildman–Crippen LogP) is 0.926. The first-order valence-electron chi connectivity index (χ1n) is 5.36. The Balaban J connectivity index is 1.99. The maximum absolute atomic E-state index is 13.3. The zero-order valence-electron chi connectivity index (χ0n) is 8.91. The monoisotopic (exact) mass is 223 g/mol. The van der Waals surface area contributed by atoms with Gasteiger partial charge < -0.3 is 10.1 Å². The van der Waals surface area contributed by atoms with E-state index in [2.05, 4.69) is 5.32 Å². The van der Waals surface area contributed by atoms with Crippen molar-refractivity contribution in [3.05, 3.63) is 35.6 Å².